The molecule has 0 fully saturated rings. The summed E-state index contributed by atoms with van der Waals surface area (Å²) in [5.41, 5.74) is 6.22. The van der Waals surface area contributed by atoms with Crippen molar-refractivity contribution in [2.24, 2.45) is 15.7 Å². The molecule has 0 aromatic carbocycles. The lowest BCUT2D eigenvalue weighted by Gasteiger charge is -2.02. The first-order valence-corrected chi connectivity index (χ1v) is 5.05. The first kappa shape index (κ1) is 11.1. The molecule has 0 aliphatic carbocycles. The summed E-state index contributed by atoms with van der Waals surface area (Å²) in [6.07, 6.45) is 4.82. The number of pyridine rings is 1. The van der Waals surface area contributed by atoms with Crippen LogP contribution in [0.3, 0.4) is 0 Å². The molecule has 0 bridgehead atoms. The SMILES string of the molecule is COc1cnc(N=CN=C(C)N)c2[nH]ccc12. The van der Waals surface area contributed by atoms with Gasteiger partial charge in [0.15, 0.2) is 5.82 Å². The number of ether oxygens (including phenoxy) is 1. The molecular formula is C11H13N5O. The molecule has 0 atom stereocenters. The highest BCUT2D eigenvalue weighted by Crippen LogP contribution is 2.29. The zero-order valence-electron chi connectivity index (χ0n) is 9.64. The molecule has 2 aromatic heterocycles. The summed E-state index contributed by atoms with van der Waals surface area (Å²) in [5.74, 6) is 1.71. The monoisotopic (exact) mass is 231 g/mol. The van der Waals surface area contributed by atoms with Gasteiger partial charge in [0.2, 0.25) is 0 Å². The van der Waals surface area contributed by atoms with Crippen LogP contribution >= 0.6 is 0 Å². The largest absolute Gasteiger partial charge is 0.494 e. The third-order valence-electron chi connectivity index (χ3n) is 2.20. The van der Waals surface area contributed by atoms with E-state index in [2.05, 4.69) is 20.0 Å². The Bertz CT molecular complexity index is 581. The van der Waals surface area contributed by atoms with Gasteiger partial charge in [-0.15, -0.1) is 0 Å². The van der Waals surface area contributed by atoms with Gasteiger partial charge in [-0.2, -0.15) is 0 Å². The summed E-state index contributed by atoms with van der Waals surface area (Å²) in [7, 11) is 1.61. The van der Waals surface area contributed by atoms with Gasteiger partial charge < -0.3 is 15.5 Å². The fourth-order valence-corrected chi connectivity index (χ4v) is 1.45. The average molecular weight is 231 g/mol. The first-order chi connectivity index (χ1) is 8.22. The molecule has 0 aliphatic heterocycles. The predicted molar refractivity (Wildman–Crippen MR) is 68.1 cm³/mol. The first-order valence-electron chi connectivity index (χ1n) is 5.05. The summed E-state index contributed by atoms with van der Waals surface area (Å²) < 4.78 is 5.20. The predicted octanol–water partition coefficient (Wildman–Crippen LogP) is 1.61. The number of nitrogens with two attached hydrogens (primary N) is 1. The third kappa shape index (κ3) is 2.25. The average Bonchev–Trinajstić information content (AvgIpc) is 2.78. The number of fused-ring (bicyclic) bond motifs is 1. The van der Waals surface area contributed by atoms with E-state index in [1.165, 1.54) is 6.34 Å². The van der Waals surface area contributed by atoms with Gasteiger partial charge >= 0.3 is 0 Å². The Morgan fingerprint density at radius 2 is 2.41 bits per heavy atom. The number of nitrogens with one attached hydrogen (secondary N) is 1. The van der Waals surface area contributed by atoms with Crippen molar-refractivity contribution in [1.29, 1.82) is 0 Å². The quantitative estimate of drug-likeness (QED) is 0.621. The number of aliphatic imine (C=N–C) groups is 2. The second-order valence-electron chi connectivity index (χ2n) is 3.43. The third-order valence-corrected chi connectivity index (χ3v) is 2.20. The number of aromatic amines is 1. The molecule has 0 spiro atoms. The maximum Gasteiger partial charge on any atom is 0.178 e. The smallest absolute Gasteiger partial charge is 0.178 e. The van der Waals surface area contributed by atoms with Crippen molar-refractivity contribution >= 4 is 28.9 Å². The van der Waals surface area contributed by atoms with Crippen LogP contribution in [0.25, 0.3) is 10.9 Å². The number of H-pyrrole nitrogens is 1. The second-order valence-corrected chi connectivity index (χ2v) is 3.43. The molecule has 88 valence electrons. The number of hydrogen-bond donors (Lipinski definition) is 2. The minimum Gasteiger partial charge on any atom is -0.494 e. The Morgan fingerprint density at radius 3 is 3.12 bits per heavy atom. The molecule has 3 N–H and O–H groups in total. The number of rotatable bonds is 3. The second kappa shape index (κ2) is 4.65. The molecule has 0 amide bonds. The summed E-state index contributed by atoms with van der Waals surface area (Å²) >= 11 is 0. The van der Waals surface area contributed by atoms with Crippen molar-refractivity contribution in [3.8, 4) is 5.75 Å². The van der Waals surface area contributed by atoms with E-state index in [-0.39, 0.29) is 0 Å². The van der Waals surface area contributed by atoms with Gasteiger partial charge in [-0.3, -0.25) is 0 Å². The normalized spacial score (nSPS) is 12.5. The molecular weight excluding hydrogens is 218 g/mol. The molecule has 0 unspecified atom stereocenters. The molecule has 0 radical (unpaired) electrons. The molecule has 0 saturated carbocycles. The molecule has 17 heavy (non-hydrogen) atoms. The van der Waals surface area contributed by atoms with Gasteiger partial charge in [0.1, 0.15) is 12.1 Å². The summed E-state index contributed by atoms with van der Waals surface area (Å²) in [6, 6.07) is 1.91. The Morgan fingerprint density at radius 1 is 1.59 bits per heavy atom. The fraction of sp³-hybridized carbons (Fsp3) is 0.182. The number of aromatic nitrogens is 2. The lowest BCUT2D eigenvalue weighted by molar-refractivity contribution is 0.418. The molecule has 0 saturated heterocycles. The summed E-state index contributed by atoms with van der Waals surface area (Å²) in [6.45, 7) is 1.69. The van der Waals surface area contributed by atoms with Gasteiger partial charge in [-0.25, -0.2) is 15.0 Å². The minimum absolute atomic E-state index is 0.449. The van der Waals surface area contributed by atoms with Crippen molar-refractivity contribution in [2.45, 2.75) is 6.92 Å². The standard InChI is InChI=1S/C11H13N5O/c1-7(12)15-6-16-11-10-8(3-4-13-10)9(17-2)5-14-11/h3-6,13H,1-2H3,(H2,12,14,15,16). The minimum atomic E-state index is 0.449. The molecule has 2 aromatic rings. The number of nitrogens with zero attached hydrogens (tertiary/aromatic N) is 3. The lowest BCUT2D eigenvalue weighted by Crippen LogP contribution is -2.04. The summed E-state index contributed by atoms with van der Waals surface area (Å²) in [4.78, 5) is 15.3. The summed E-state index contributed by atoms with van der Waals surface area (Å²) in [5, 5.41) is 0.933. The van der Waals surface area contributed by atoms with Crippen molar-refractivity contribution < 1.29 is 4.74 Å². The van der Waals surface area contributed by atoms with Crippen LogP contribution in [-0.2, 0) is 0 Å². The zero-order valence-corrected chi connectivity index (χ0v) is 9.64. The van der Waals surface area contributed by atoms with Crippen LogP contribution in [0.4, 0.5) is 5.82 Å². The van der Waals surface area contributed by atoms with E-state index in [0.717, 1.165) is 10.9 Å². The van der Waals surface area contributed by atoms with Gasteiger partial charge in [0.05, 0.1) is 24.7 Å². The number of amidine groups is 1. The Labute approximate surface area is 98.2 Å². The van der Waals surface area contributed by atoms with Crippen LogP contribution < -0.4 is 10.5 Å². The van der Waals surface area contributed by atoms with E-state index in [1.54, 1.807) is 20.2 Å². The van der Waals surface area contributed by atoms with Crippen LogP contribution in [-0.4, -0.2) is 29.3 Å². The Hall–Kier alpha value is -2.37. The van der Waals surface area contributed by atoms with Gasteiger partial charge in [-0.05, 0) is 13.0 Å². The van der Waals surface area contributed by atoms with Gasteiger partial charge in [0.25, 0.3) is 0 Å². The zero-order chi connectivity index (χ0) is 12.3. The highest BCUT2D eigenvalue weighted by atomic mass is 16.5. The number of methoxy groups -OCH3 is 1. The highest BCUT2D eigenvalue weighted by Gasteiger charge is 2.07. The van der Waals surface area contributed by atoms with Crippen LogP contribution in [0.5, 0.6) is 5.75 Å². The lowest BCUT2D eigenvalue weighted by atomic mass is 10.3. The molecule has 0 aliphatic rings. The molecule has 6 nitrogen and oxygen atoms in total. The topological polar surface area (TPSA) is 88.7 Å². The maximum absolute atomic E-state index is 5.41. The van der Waals surface area contributed by atoms with Crippen LogP contribution in [0.15, 0.2) is 28.4 Å². The van der Waals surface area contributed by atoms with Gasteiger partial charge in [0, 0.05) is 11.6 Å². The van der Waals surface area contributed by atoms with Crippen molar-refractivity contribution in [3.05, 3.63) is 18.5 Å². The number of hydrogen-bond acceptors (Lipinski definition) is 3. The van der Waals surface area contributed by atoms with E-state index in [4.69, 9.17) is 10.5 Å². The Kier molecular flexibility index (Phi) is 3.04. The molecule has 6 heteroatoms. The van der Waals surface area contributed by atoms with E-state index in [0.29, 0.717) is 17.4 Å². The van der Waals surface area contributed by atoms with Crippen molar-refractivity contribution in [2.75, 3.05) is 7.11 Å². The van der Waals surface area contributed by atoms with E-state index >= 15 is 0 Å². The van der Waals surface area contributed by atoms with Crippen molar-refractivity contribution in [3.63, 3.8) is 0 Å². The van der Waals surface area contributed by atoms with Crippen molar-refractivity contribution in [1.82, 2.24) is 9.97 Å². The van der Waals surface area contributed by atoms with Gasteiger partial charge in [-0.1, -0.05) is 0 Å². The van der Waals surface area contributed by atoms with E-state index in [9.17, 15) is 0 Å². The fourth-order valence-electron chi connectivity index (χ4n) is 1.45. The van der Waals surface area contributed by atoms with Crippen LogP contribution in [0.1, 0.15) is 6.92 Å². The highest BCUT2D eigenvalue weighted by molar-refractivity contribution is 5.94. The van der Waals surface area contributed by atoms with E-state index < -0.39 is 0 Å². The van der Waals surface area contributed by atoms with Crippen LogP contribution in [0, 0.1) is 0 Å². The van der Waals surface area contributed by atoms with E-state index in [1.807, 2.05) is 12.3 Å². The maximum atomic E-state index is 5.41. The molecule has 2 heterocycles. The van der Waals surface area contributed by atoms with Crippen LogP contribution in [0.2, 0.25) is 0 Å². The Balaban J connectivity index is 2.46. The molecule has 2 rings (SSSR count).